The van der Waals surface area contributed by atoms with Gasteiger partial charge in [0, 0.05) is 24.8 Å². The Morgan fingerprint density at radius 3 is 2.43 bits per heavy atom. The highest BCUT2D eigenvalue weighted by atomic mass is 16.5. The van der Waals surface area contributed by atoms with Gasteiger partial charge in [-0.3, -0.25) is 9.80 Å². The summed E-state index contributed by atoms with van der Waals surface area (Å²) in [5.41, 5.74) is 1.91. The molecular formula is C21H23N5O4. The first-order valence-electron chi connectivity index (χ1n) is 9.50. The molecule has 2 aromatic carbocycles. The molecule has 9 heteroatoms. The molecule has 1 atom stereocenters. The number of hydrogen-bond acceptors (Lipinski definition) is 6. The molecule has 3 amide bonds. The number of carbonyl (C=O) groups excluding carboxylic acids is 3. The number of urea groups is 1. The largest absolute Gasteiger partial charge is 0.461 e. The van der Waals surface area contributed by atoms with Gasteiger partial charge >= 0.3 is 12.0 Å². The third-order valence-corrected chi connectivity index (χ3v) is 4.36. The molecule has 0 fully saturated rings. The number of nitrogens with zero attached hydrogens (tertiary/aromatic N) is 2. The van der Waals surface area contributed by atoms with Crippen LogP contribution in [0.15, 0.2) is 59.7 Å². The highest BCUT2D eigenvalue weighted by Gasteiger charge is 2.36. The molecule has 3 rings (SSSR count). The third-order valence-electron chi connectivity index (χ3n) is 4.36. The number of rotatable bonds is 6. The van der Waals surface area contributed by atoms with Gasteiger partial charge in [-0.15, -0.1) is 0 Å². The van der Waals surface area contributed by atoms with Crippen LogP contribution in [-0.2, 0) is 14.3 Å². The molecule has 0 aromatic heterocycles. The summed E-state index contributed by atoms with van der Waals surface area (Å²) in [5.74, 6) is -0.871. The smallest absolute Gasteiger partial charge is 0.354 e. The first kappa shape index (κ1) is 20.8. The molecule has 0 saturated carbocycles. The number of benzene rings is 2. The van der Waals surface area contributed by atoms with Crippen molar-refractivity contribution in [1.29, 1.82) is 0 Å². The van der Waals surface area contributed by atoms with E-state index < -0.39 is 12.0 Å². The van der Waals surface area contributed by atoms with E-state index in [1.54, 1.807) is 31.2 Å². The third kappa shape index (κ3) is 4.93. The van der Waals surface area contributed by atoms with Crippen molar-refractivity contribution < 1.29 is 19.1 Å². The number of ether oxygens (including phenoxy) is 1. The second kappa shape index (κ2) is 9.55. The van der Waals surface area contributed by atoms with Gasteiger partial charge in [-0.25, -0.2) is 9.59 Å². The summed E-state index contributed by atoms with van der Waals surface area (Å²) in [6.45, 7) is 1.94. The fourth-order valence-corrected chi connectivity index (χ4v) is 2.96. The molecule has 156 valence electrons. The predicted octanol–water partition coefficient (Wildman–Crippen LogP) is 2.57. The van der Waals surface area contributed by atoms with Crippen molar-refractivity contribution in [3.63, 3.8) is 0 Å². The minimum atomic E-state index is -0.720. The monoisotopic (exact) mass is 409 g/mol. The van der Waals surface area contributed by atoms with E-state index in [0.717, 1.165) is 0 Å². The molecular weight excluding hydrogens is 386 g/mol. The maximum absolute atomic E-state index is 13.0. The molecule has 1 heterocycles. The molecule has 9 nitrogen and oxygen atoms in total. The lowest BCUT2D eigenvalue weighted by Crippen LogP contribution is -2.38. The number of amides is 3. The number of hydrogen-bond donors (Lipinski definition) is 3. The van der Waals surface area contributed by atoms with Crippen LogP contribution in [0.1, 0.15) is 13.3 Å². The van der Waals surface area contributed by atoms with E-state index in [1.807, 2.05) is 30.3 Å². The zero-order valence-electron chi connectivity index (χ0n) is 16.7. The normalized spacial score (nSPS) is 15.2. The molecule has 0 aliphatic carbocycles. The summed E-state index contributed by atoms with van der Waals surface area (Å²) in [6, 6.07) is 14.8. The van der Waals surface area contributed by atoms with E-state index in [1.165, 1.54) is 12.1 Å². The Morgan fingerprint density at radius 1 is 1.07 bits per heavy atom. The van der Waals surface area contributed by atoms with Gasteiger partial charge in [0.25, 0.3) is 0 Å². The maximum Gasteiger partial charge on any atom is 0.354 e. The van der Waals surface area contributed by atoms with Crippen molar-refractivity contribution in [1.82, 2.24) is 5.32 Å². The molecule has 30 heavy (non-hydrogen) atoms. The number of carbonyl (C=O) groups is 3. The van der Waals surface area contributed by atoms with E-state index in [-0.39, 0.29) is 30.7 Å². The number of hydrazone groups is 1. The van der Waals surface area contributed by atoms with E-state index in [2.05, 4.69) is 21.1 Å². The van der Waals surface area contributed by atoms with Gasteiger partial charge in [-0.05, 0) is 37.3 Å². The molecule has 1 aliphatic rings. The lowest BCUT2D eigenvalue weighted by Gasteiger charge is -2.22. The average Bonchev–Trinajstić information content (AvgIpc) is 3.20. The lowest BCUT2D eigenvalue weighted by atomic mass is 10.1. The summed E-state index contributed by atoms with van der Waals surface area (Å²) >= 11 is 0. The molecule has 0 saturated heterocycles. The summed E-state index contributed by atoms with van der Waals surface area (Å²) in [7, 11) is 1.51. The SMILES string of the molecule is CCOC(=O)C1=NN(c2ccccc2)C(C(=O)Nc2cccc(NC(=O)NC)c2)C1. The Labute approximate surface area is 174 Å². The van der Waals surface area contributed by atoms with Crippen molar-refractivity contribution in [2.75, 3.05) is 29.3 Å². The highest BCUT2D eigenvalue weighted by Crippen LogP contribution is 2.26. The maximum atomic E-state index is 13.0. The molecule has 0 spiro atoms. The minimum absolute atomic E-state index is 0.121. The van der Waals surface area contributed by atoms with Gasteiger partial charge in [0.1, 0.15) is 11.8 Å². The molecule has 1 unspecified atom stereocenters. The topological polar surface area (TPSA) is 112 Å². The van der Waals surface area contributed by atoms with E-state index in [0.29, 0.717) is 17.1 Å². The van der Waals surface area contributed by atoms with Crippen LogP contribution in [0.25, 0.3) is 0 Å². The summed E-state index contributed by atoms with van der Waals surface area (Å²) in [4.78, 5) is 36.7. The van der Waals surface area contributed by atoms with Gasteiger partial charge in [0.15, 0.2) is 0 Å². The first-order chi connectivity index (χ1) is 14.5. The van der Waals surface area contributed by atoms with Crippen LogP contribution < -0.4 is 21.0 Å². The number of esters is 1. The molecule has 3 N–H and O–H groups in total. The quantitative estimate of drug-likeness (QED) is 0.635. The Morgan fingerprint density at radius 2 is 1.77 bits per heavy atom. The van der Waals surface area contributed by atoms with Gasteiger partial charge in [0.2, 0.25) is 5.91 Å². The van der Waals surface area contributed by atoms with Crippen LogP contribution in [0.2, 0.25) is 0 Å². The fourth-order valence-electron chi connectivity index (χ4n) is 2.96. The molecule has 2 aromatic rings. The fraction of sp³-hybridized carbons (Fsp3) is 0.238. The molecule has 0 radical (unpaired) electrons. The van der Waals surface area contributed by atoms with Crippen molar-refractivity contribution in [3.05, 3.63) is 54.6 Å². The van der Waals surface area contributed by atoms with Crippen molar-refractivity contribution in [2.45, 2.75) is 19.4 Å². The highest BCUT2D eigenvalue weighted by molar-refractivity contribution is 6.38. The van der Waals surface area contributed by atoms with Crippen LogP contribution >= 0.6 is 0 Å². The average molecular weight is 409 g/mol. The lowest BCUT2D eigenvalue weighted by molar-refractivity contribution is -0.135. The Kier molecular flexibility index (Phi) is 6.63. The van der Waals surface area contributed by atoms with Gasteiger partial charge < -0.3 is 20.7 Å². The van der Waals surface area contributed by atoms with Crippen LogP contribution in [0.5, 0.6) is 0 Å². The summed E-state index contributed by atoms with van der Waals surface area (Å²) in [6.07, 6.45) is 0.121. The van der Waals surface area contributed by atoms with E-state index >= 15 is 0 Å². The Bertz CT molecular complexity index is 961. The standard InChI is InChI=1S/C21H23N5O4/c1-3-30-20(28)17-13-18(26(25-17)16-10-5-4-6-11-16)19(27)23-14-8-7-9-15(12-14)24-21(29)22-2/h4-12,18H,3,13H2,1-2H3,(H,23,27)(H2,22,24,29). The summed E-state index contributed by atoms with van der Waals surface area (Å²) in [5, 5.41) is 13.8. The Hall–Kier alpha value is -3.88. The van der Waals surface area contributed by atoms with Crippen molar-refractivity contribution in [3.8, 4) is 0 Å². The second-order valence-corrected chi connectivity index (χ2v) is 6.44. The van der Waals surface area contributed by atoms with Crippen LogP contribution in [0.4, 0.5) is 21.9 Å². The molecule has 0 bridgehead atoms. The first-order valence-corrected chi connectivity index (χ1v) is 9.50. The number of para-hydroxylation sites is 1. The predicted molar refractivity (Wildman–Crippen MR) is 115 cm³/mol. The summed E-state index contributed by atoms with van der Waals surface area (Å²) < 4.78 is 5.05. The van der Waals surface area contributed by atoms with Crippen molar-refractivity contribution >= 4 is 40.7 Å². The van der Waals surface area contributed by atoms with Crippen molar-refractivity contribution in [2.24, 2.45) is 5.10 Å². The zero-order valence-corrected chi connectivity index (χ0v) is 16.7. The van der Waals surface area contributed by atoms with Crippen LogP contribution in [-0.4, -0.2) is 43.3 Å². The zero-order chi connectivity index (χ0) is 21.5. The molecule has 1 aliphatic heterocycles. The Balaban J connectivity index is 1.79. The van der Waals surface area contributed by atoms with Gasteiger partial charge in [-0.1, -0.05) is 24.3 Å². The van der Waals surface area contributed by atoms with Gasteiger partial charge in [0.05, 0.1) is 12.3 Å². The van der Waals surface area contributed by atoms with Gasteiger partial charge in [-0.2, -0.15) is 5.10 Å². The number of nitrogens with one attached hydrogen (secondary N) is 3. The minimum Gasteiger partial charge on any atom is -0.461 e. The van der Waals surface area contributed by atoms with E-state index in [4.69, 9.17) is 4.74 Å². The van der Waals surface area contributed by atoms with Crippen LogP contribution in [0.3, 0.4) is 0 Å². The van der Waals surface area contributed by atoms with Crippen LogP contribution in [0, 0.1) is 0 Å². The number of anilines is 3. The second-order valence-electron chi connectivity index (χ2n) is 6.44. The van der Waals surface area contributed by atoms with E-state index in [9.17, 15) is 14.4 Å².